The summed E-state index contributed by atoms with van der Waals surface area (Å²) in [5.41, 5.74) is 3.07. The lowest BCUT2D eigenvalue weighted by atomic mass is 10.1. The van der Waals surface area contributed by atoms with Crippen molar-refractivity contribution in [1.29, 1.82) is 0 Å². The number of rotatable bonds is 3. The van der Waals surface area contributed by atoms with Crippen molar-refractivity contribution in [1.82, 2.24) is 4.31 Å². The molecule has 2 aromatic rings. The average molecular weight is 370 g/mol. The topological polar surface area (TPSA) is 57.7 Å². The molecule has 0 unspecified atom stereocenters. The third-order valence-electron chi connectivity index (χ3n) is 5.27. The van der Waals surface area contributed by atoms with Crippen molar-refractivity contribution in [3.05, 3.63) is 59.7 Å². The van der Waals surface area contributed by atoms with Crippen molar-refractivity contribution in [2.24, 2.45) is 0 Å². The highest BCUT2D eigenvalue weighted by Crippen LogP contribution is 2.32. The molecule has 0 N–H and O–H groups in total. The molecule has 136 valence electrons. The van der Waals surface area contributed by atoms with Gasteiger partial charge in [0.25, 0.3) is 0 Å². The Balaban J connectivity index is 1.63. The normalized spacial score (nSPS) is 20.3. The second kappa shape index (κ2) is 6.52. The van der Waals surface area contributed by atoms with E-state index in [1.807, 2.05) is 31.2 Å². The van der Waals surface area contributed by atoms with E-state index < -0.39 is 16.1 Å². The summed E-state index contributed by atoms with van der Waals surface area (Å²) in [6.07, 6.45) is 2.10. The number of fused-ring (bicyclic) bond motifs is 1. The Bertz CT molecular complexity index is 938. The van der Waals surface area contributed by atoms with Crippen LogP contribution in [0.5, 0.6) is 0 Å². The molecule has 0 radical (unpaired) electrons. The van der Waals surface area contributed by atoms with Crippen molar-refractivity contribution in [2.75, 3.05) is 18.0 Å². The van der Waals surface area contributed by atoms with Crippen LogP contribution in [0.2, 0.25) is 0 Å². The van der Waals surface area contributed by atoms with E-state index in [1.165, 1.54) is 4.31 Å². The van der Waals surface area contributed by atoms with Gasteiger partial charge in [0, 0.05) is 18.8 Å². The zero-order valence-electron chi connectivity index (χ0n) is 14.8. The first-order valence-corrected chi connectivity index (χ1v) is 10.4. The lowest BCUT2D eigenvalue weighted by molar-refractivity contribution is -0.121. The van der Waals surface area contributed by atoms with Gasteiger partial charge >= 0.3 is 0 Å². The summed E-state index contributed by atoms with van der Waals surface area (Å²) in [6.45, 7) is 2.93. The van der Waals surface area contributed by atoms with E-state index in [4.69, 9.17) is 0 Å². The lowest BCUT2D eigenvalue weighted by Crippen LogP contribution is -2.47. The van der Waals surface area contributed by atoms with Gasteiger partial charge in [-0.05, 0) is 49.9 Å². The Kier molecular flexibility index (Phi) is 4.32. The van der Waals surface area contributed by atoms with Crippen LogP contribution in [-0.4, -0.2) is 37.8 Å². The Morgan fingerprint density at radius 1 is 1.04 bits per heavy atom. The molecule has 0 aromatic heterocycles. The quantitative estimate of drug-likeness (QED) is 0.835. The summed E-state index contributed by atoms with van der Waals surface area (Å²) in [5.74, 6) is -0.108. The molecule has 1 atom stereocenters. The van der Waals surface area contributed by atoms with E-state index in [2.05, 4.69) is 0 Å². The number of hydrogen-bond acceptors (Lipinski definition) is 3. The van der Waals surface area contributed by atoms with Gasteiger partial charge in [-0.1, -0.05) is 35.9 Å². The Morgan fingerprint density at radius 2 is 1.77 bits per heavy atom. The third-order valence-corrected chi connectivity index (χ3v) is 7.19. The minimum atomic E-state index is -3.67. The zero-order valence-corrected chi connectivity index (χ0v) is 15.6. The SMILES string of the molecule is Cc1ccc(S(=O)(=O)N2CCC[C@H]2C(=O)N2CCc3ccccc32)cc1. The summed E-state index contributed by atoms with van der Waals surface area (Å²) in [4.78, 5) is 15.2. The van der Waals surface area contributed by atoms with E-state index >= 15 is 0 Å². The van der Waals surface area contributed by atoms with Crippen LogP contribution < -0.4 is 4.90 Å². The summed E-state index contributed by atoms with van der Waals surface area (Å²) >= 11 is 0. The van der Waals surface area contributed by atoms with Gasteiger partial charge in [0.2, 0.25) is 15.9 Å². The number of hydrogen-bond donors (Lipinski definition) is 0. The molecule has 2 aliphatic rings. The summed E-state index contributed by atoms with van der Waals surface area (Å²) in [7, 11) is -3.67. The Morgan fingerprint density at radius 3 is 2.54 bits per heavy atom. The first-order valence-electron chi connectivity index (χ1n) is 8.96. The van der Waals surface area contributed by atoms with Crippen LogP contribution in [0.3, 0.4) is 0 Å². The maximum Gasteiger partial charge on any atom is 0.245 e. The third kappa shape index (κ3) is 2.83. The Labute approximate surface area is 154 Å². The summed E-state index contributed by atoms with van der Waals surface area (Å²) in [6, 6.07) is 14.0. The number of anilines is 1. The first kappa shape index (κ1) is 17.2. The number of benzene rings is 2. The molecule has 26 heavy (non-hydrogen) atoms. The molecule has 0 bridgehead atoms. The van der Waals surface area contributed by atoms with Gasteiger partial charge in [-0.2, -0.15) is 4.31 Å². The standard InChI is InChI=1S/C20H22N2O3S/c1-15-8-10-17(11-9-15)26(24,25)22-13-4-7-19(22)20(23)21-14-12-16-5-2-3-6-18(16)21/h2-3,5-6,8-11,19H,4,7,12-14H2,1H3/t19-/m0/s1. The van der Waals surface area contributed by atoms with Gasteiger partial charge in [-0.25, -0.2) is 8.42 Å². The van der Waals surface area contributed by atoms with Crippen LogP contribution in [0.4, 0.5) is 5.69 Å². The van der Waals surface area contributed by atoms with Crippen molar-refractivity contribution in [2.45, 2.75) is 37.1 Å². The Hall–Kier alpha value is -2.18. The number of aryl methyl sites for hydroxylation is 1. The number of amides is 1. The van der Waals surface area contributed by atoms with Gasteiger partial charge in [0.1, 0.15) is 6.04 Å². The van der Waals surface area contributed by atoms with Gasteiger partial charge in [-0.3, -0.25) is 4.79 Å². The van der Waals surface area contributed by atoms with Gasteiger partial charge in [0.05, 0.1) is 4.90 Å². The van der Waals surface area contributed by atoms with Crippen LogP contribution in [0.1, 0.15) is 24.0 Å². The first-order chi connectivity index (χ1) is 12.5. The van der Waals surface area contributed by atoms with E-state index in [0.29, 0.717) is 25.9 Å². The highest BCUT2D eigenvalue weighted by molar-refractivity contribution is 7.89. The molecule has 0 spiro atoms. The maximum absolute atomic E-state index is 13.2. The second-order valence-corrected chi connectivity index (χ2v) is 8.85. The lowest BCUT2D eigenvalue weighted by Gasteiger charge is -2.27. The second-order valence-electron chi connectivity index (χ2n) is 6.96. The van der Waals surface area contributed by atoms with Crippen molar-refractivity contribution < 1.29 is 13.2 Å². The van der Waals surface area contributed by atoms with Gasteiger partial charge in [0.15, 0.2) is 0 Å². The molecule has 1 saturated heterocycles. The molecular weight excluding hydrogens is 348 g/mol. The van der Waals surface area contributed by atoms with Crippen LogP contribution >= 0.6 is 0 Å². The summed E-state index contributed by atoms with van der Waals surface area (Å²) < 4.78 is 27.5. The number of carbonyl (C=O) groups excluding carboxylic acids is 1. The van der Waals surface area contributed by atoms with Crippen LogP contribution in [0, 0.1) is 6.92 Å². The van der Waals surface area contributed by atoms with Crippen LogP contribution in [0.25, 0.3) is 0 Å². The van der Waals surface area contributed by atoms with E-state index in [9.17, 15) is 13.2 Å². The molecule has 5 nitrogen and oxygen atoms in total. The molecule has 4 rings (SSSR count). The average Bonchev–Trinajstić information content (AvgIpc) is 3.29. The van der Waals surface area contributed by atoms with Crippen LogP contribution in [-0.2, 0) is 21.2 Å². The minimum absolute atomic E-state index is 0.108. The fraction of sp³-hybridized carbons (Fsp3) is 0.350. The molecule has 0 saturated carbocycles. The van der Waals surface area contributed by atoms with Crippen molar-refractivity contribution >= 4 is 21.6 Å². The predicted molar refractivity (Wildman–Crippen MR) is 101 cm³/mol. The fourth-order valence-corrected chi connectivity index (χ4v) is 5.52. The molecule has 2 aromatic carbocycles. The molecule has 6 heteroatoms. The molecule has 2 aliphatic heterocycles. The maximum atomic E-state index is 13.2. The van der Waals surface area contributed by atoms with Gasteiger partial charge in [-0.15, -0.1) is 0 Å². The number of sulfonamides is 1. The molecule has 0 aliphatic carbocycles. The fourth-order valence-electron chi connectivity index (χ4n) is 3.87. The largest absolute Gasteiger partial charge is 0.310 e. The van der Waals surface area contributed by atoms with Gasteiger partial charge < -0.3 is 4.90 Å². The zero-order chi connectivity index (χ0) is 18.3. The molecular formula is C20H22N2O3S. The highest BCUT2D eigenvalue weighted by atomic mass is 32.2. The van der Waals surface area contributed by atoms with E-state index in [-0.39, 0.29) is 10.8 Å². The minimum Gasteiger partial charge on any atom is -0.310 e. The van der Waals surface area contributed by atoms with E-state index in [1.54, 1.807) is 29.2 Å². The number of para-hydroxylation sites is 1. The number of carbonyl (C=O) groups is 1. The smallest absolute Gasteiger partial charge is 0.245 e. The molecule has 1 amide bonds. The summed E-state index contributed by atoms with van der Waals surface area (Å²) in [5, 5.41) is 0. The predicted octanol–water partition coefficient (Wildman–Crippen LogP) is 2.74. The molecule has 1 fully saturated rings. The highest BCUT2D eigenvalue weighted by Gasteiger charge is 2.42. The van der Waals surface area contributed by atoms with Crippen LogP contribution in [0.15, 0.2) is 53.4 Å². The number of nitrogens with zero attached hydrogens (tertiary/aromatic N) is 2. The molecule has 2 heterocycles. The van der Waals surface area contributed by atoms with Crippen molar-refractivity contribution in [3.8, 4) is 0 Å². The monoisotopic (exact) mass is 370 g/mol. The van der Waals surface area contributed by atoms with Crippen molar-refractivity contribution in [3.63, 3.8) is 0 Å². The van der Waals surface area contributed by atoms with E-state index in [0.717, 1.165) is 23.2 Å².